The zero-order valence-corrected chi connectivity index (χ0v) is 24.5. The molecule has 4 heterocycles. The van der Waals surface area contributed by atoms with Crippen molar-refractivity contribution in [3.05, 3.63) is 69.1 Å². The second-order valence-corrected chi connectivity index (χ2v) is 11.5. The number of nitrogens with two attached hydrogens (primary N) is 2. The SMILES string of the molecule is COc1cc(N)c(C(=N)c2cnc(N3CC(N)(CN4CCCC4)C3)c(C#N)c2)cc1O[C@H](C)c1c(Cl)cncc1Cl. The van der Waals surface area contributed by atoms with E-state index in [2.05, 4.69) is 20.9 Å². The van der Waals surface area contributed by atoms with Gasteiger partial charge in [-0.2, -0.15) is 5.26 Å². The average Bonchev–Trinajstić information content (AvgIpc) is 3.44. The molecule has 2 aromatic heterocycles. The lowest BCUT2D eigenvalue weighted by molar-refractivity contribution is 0.210. The molecule has 0 unspecified atom stereocenters. The molecule has 2 aliphatic rings. The first-order chi connectivity index (χ1) is 19.6. The normalized spacial score (nSPS) is 17.0. The van der Waals surface area contributed by atoms with Gasteiger partial charge in [0.15, 0.2) is 11.5 Å². The molecule has 2 saturated heterocycles. The largest absolute Gasteiger partial charge is 0.493 e. The number of nitrogen functional groups attached to an aromatic ring is 1. The Morgan fingerprint density at radius 1 is 1.15 bits per heavy atom. The van der Waals surface area contributed by atoms with Gasteiger partial charge < -0.3 is 30.7 Å². The molecule has 0 radical (unpaired) electrons. The van der Waals surface area contributed by atoms with E-state index in [1.54, 1.807) is 31.3 Å². The summed E-state index contributed by atoms with van der Waals surface area (Å²) in [4.78, 5) is 13.0. The van der Waals surface area contributed by atoms with Crippen molar-refractivity contribution in [3.8, 4) is 17.6 Å². The van der Waals surface area contributed by atoms with Crippen molar-refractivity contribution in [2.45, 2.75) is 31.4 Å². The summed E-state index contributed by atoms with van der Waals surface area (Å²) in [5, 5.41) is 19.6. The highest BCUT2D eigenvalue weighted by molar-refractivity contribution is 6.35. The lowest BCUT2D eigenvalue weighted by Crippen LogP contribution is -2.71. The van der Waals surface area contributed by atoms with Crippen LogP contribution in [0, 0.1) is 16.7 Å². The summed E-state index contributed by atoms with van der Waals surface area (Å²) < 4.78 is 11.7. The summed E-state index contributed by atoms with van der Waals surface area (Å²) in [7, 11) is 1.50. The van der Waals surface area contributed by atoms with Crippen molar-refractivity contribution in [1.82, 2.24) is 14.9 Å². The third kappa shape index (κ3) is 5.90. The summed E-state index contributed by atoms with van der Waals surface area (Å²) in [6.45, 7) is 6.06. The Kier molecular flexibility index (Phi) is 8.25. The van der Waals surface area contributed by atoms with Crippen molar-refractivity contribution < 1.29 is 9.47 Å². The highest BCUT2D eigenvalue weighted by atomic mass is 35.5. The number of aromatic nitrogens is 2. The van der Waals surface area contributed by atoms with E-state index in [1.165, 1.54) is 32.3 Å². The number of rotatable bonds is 9. The number of anilines is 2. The summed E-state index contributed by atoms with van der Waals surface area (Å²) in [6.07, 6.45) is 6.45. The molecule has 0 bridgehead atoms. The van der Waals surface area contributed by atoms with E-state index >= 15 is 0 Å². The van der Waals surface area contributed by atoms with Gasteiger partial charge in [0.1, 0.15) is 18.0 Å². The number of ether oxygens (including phenoxy) is 2. The van der Waals surface area contributed by atoms with Crippen LogP contribution >= 0.6 is 23.2 Å². The minimum atomic E-state index is -0.555. The van der Waals surface area contributed by atoms with Crippen LogP contribution in [0.1, 0.15) is 48.1 Å². The smallest absolute Gasteiger partial charge is 0.162 e. The van der Waals surface area contributed by atoms with Crippen LogP contribution in [0.25, 0.3) is 0 Å². The fraction of sp³-hybridized carbons (Fsp3) is 0.379. The van der Waals surface area contributed by atoms with E-state index < -0.39 is 6.10 Å². The van der Waals surface area contributed by atoms with E-state index in [4.69, 9.17) is 49.6 Å². The van der Waals surface area contributed by atoms with E-state index in [9.17, 15) is 5.26 Å². The number of benzene rings is 1. The minimum Gasteiger partial charge on any atom is -0.493 e. The molecule has 41 heavy (non-hydrogen) atoms. The number of hydrogen-bond acceptors (Lipinski definition) is 10. The Labute approximate surface area is 249 Å². The van der Waals surface area contributed by atoms with Crippen molar-refractivity contribution >= 4 is 40.4 Å². The summed E-state index contributed by atoms with van der Waals surface area (Å²) in [5.41, 5.74) is 14.8. The Bertz CT molecular complexity index is 1490. The number of nitrogens with zero attached hydrogens (tertiary/aromatic N) is 5. The first-order valence-corrected chi connectivity index (χ1v) is 14.1. The predicted octanol–water partition coefficient (Wildman–Crippen LogP) is 4.42. The molecule has 10 nitrogen and oxygen atoms in total. The zero-order valence-electron chi connectivity index (χ0n) is 23.0. The Morgan fingerprint density at radius 3 is 2.46 bits per heavy atom. The van der Waals surface area contributed by atoms with Crippen molar-refractivity contribution in [1.29, 1.82) is 10.7 Å². The fourth-order valence-corrected chi connectivity index (χ4v) is 6.21. The van der Waals surface area contributed by atoms with Gasteiger partial charge >= 0.3 is 0 Å². The molecule has 0 spiro atoms. The van der Waals surface area contributed by atoms with Gasteiger partial charge in [0.2, 0.25) is 0 Å². The molecule has 3 aromatic rings. The third-order valence-corrected chi connectivity index (χ3v) is 8.13. The fourth-order valence-electron chi connectivity index (χ4n) is 5.54. The van der Waals surface area contributed by atoms with Gasteiger partial charge in [-0.3, -0.25) is 10.4 Å². The van der Waals surface area contributed by atoms with Gasteiger partial charge in [0, 0.05) is 66.7 Å². The van der Waals surface area contributed by atoms with E-state index in [1.807, 2.05) is 4.90 Å². The average molecular weight is 596 g/mol. The molecule has 12 heteroatoms. The molecule has 0 aliphatic carbocycles. The lowest BCUT2D eigenvalue weighted by Gasteiger charge is -2.50. The molecule has 5 rings (SSSR count). The van der Waals surface area contributed by atoms with Crippen LogP contribution < -0.4 is 25.8 Å². The van der Waals surface area contributed by atoms with Gasteiger partial charge in [0.05, 0.1) is 34.0 Å². The van der Waals surface area contributed by atoms with Gasteiger partial charge in [-0.25, -0.2) is 4.98 Å². The van der Waals surface area contributed by atoms with Gasteiger partial charge in [-0.05, 0) is 45.0 Å². The second kappa shape index (κ2) is 11.7. The second-order valence-electron chi connectivity index (χ2n) is 10.7. The molecule has 214 valence electrons. The monoisotopic (exact) mass is 594 g/mol. The van der Waals surface area contributed by atoms with Crippen molar-refractivity contribution in [2.24, 2.45) is 5.73 Å². The van der Waals surface area contributed by atoms with Crippen LogP contribution in [-0.4, -0.2) is 66.0 Å². The van der Waals surface area contributed by atoms with Crippen LogP contribution in [0.4, 0.5) is 11.5 Å². The summed E-state index contributed by atoms with van der Waals surface area (Å²) in [5.74, 6) is 1.30. The number of hydrogen-bond donors (Lipinski definition) is 3. The number of methoxy groups -OCH3 is 1. The number of nitrogens with one attached hydrogen (secondary N) is 1. The number of nitriles is 1. The summed E-state index contributed by atoms with van der Waals surface area (Å²) in [6, 6.07) is 7.12. The van der Waals surface area contributed by atoms with Gasteiger partial charge in [-0.1, -0.05) is 23.2 Å². The first-order valence-electron chi connectivity index (χ1n) is 13.3. The predicted molar refractivity (Wildman–Crippen MR) is 160 cm³/mol. The van der Waals surface area contributed by atoms with Crippen LogP contribution in [0.3, 0.4) is 0 Å². The molecule has 0 saturated carbocycles. The molecular weight excluding hydrogens is 563 g/mol. The summed E-state index contributed by atoms with van der Waals surface area (Å²) >= 11 is 12.6. The number of likely N-dealkylation sites (tertiary alicyclic amines) is 1. The molecule has 5 N–H and O–H groups in total. The minimum absolute atomic E-state index is 0.0870. The maximum absolute atomic E-state index is 9.93. The molecule has 1 atom stereocenters. The molecule has 0 amide bonds. The zero-order chi connectivity index (χ0) is 29.3. The highest BCUT2D eigenvalue weighted by Gasteiger charge is 2.42. The van der Waals surface area contributed by atoms with E-state index in [-0.39, 0.29) is 11.3 Å². The van der Waals surface area contributed by atoms with Crippen LogP contribution in [0.5, 0.6) is 11.5 Å². The van der Waals surface area contributed by atoms with Crippen molar-refractivity contribution in [2.75, 3.05) is 50.5 Å². The Morgan fingerprint density at radius 2 is 1.83 bits per heavy atom. The standard InChI is InChI=1S/C29H32Cl2N8O2/c1-17(26-21(30)12-36-13-22(26)31)41-25-8-20(23(33)9-24(25)40-2)27(34)19-7-18(10-32)28(37-11-19)39-15-29(35,16-39)14-38-5-3-4-6-38/h7-9,11-13,17,34H,3-6,14-16,33,35H2,1-2H3/t17-/m1/s1. The van der Waals surface area contributed by atoms with E-state index in [0.29, 0.717) is 68.4 Å². The molecule has 1 aromatic carbocycles. The van der Waals surface area contributed by atoms with Crippen LogP contribution in [0.2, 0.25) is 10.0 Å². The van der Waals surface area contributed by atoms with Crippen LogP contribution in [-0.2, 0) is 0 Å². The molecule has 2 fully saturated rings. The maximum atomic E-state index is 9.93. The first kappa shape index (κ1) is 28.9. The number of halogens is 2. The van der Waals surface area contributed by atoms with Crippen molar-refractivity contribution in [3.63, 3.8) is 0 Å². The Balaban J connectivity index is 1.37. The Hall–Kier alpha value is -3.62. The lowest BCUT2D eigenvalue weighted by atomic mass is 9.89. The third-order valence-electron chi connectivity index (χ3n) is 7.53. The quantitative estimate of drug-likeness (QED) is 0.241. The maximum Gasteiger partial charge on any atom is 0.162 e. The molecule has 2 aliphatic heterocycles. The van der Waals surface area contributed by atoms with Crippen LogP contribution in [0.15, 0.2) is 36.8 Å². The van der Waals surface area contributed by atoms with Gasteiger partial charge in [-0.15, -0.1) is 0 Å². The number of pyridine rings is 2. The topological polar surface area (TPSA) is 150 Å². The molecular formula is C29H32Cl2N8O2. The van der Waals surface area contributed by atoms with Gasteiger partial charge in [0.25, 0.3) is 0 Å². The van der Waals surface area contributed by atoms with E-state index in [0.717, 1.165) is 19.6 Å². The highest BCUT2D eigenvalue weighted by Crippen LogP contribution is 2.39.